The number of hydrogen-bond acceptors (Lipinski definition) is 15. The number of carbonyl (C=O) groups excluding carboxylic acids is 2. The first kappa shape index (κ1) is 46.7. The Labute approximate surface area is 379 Å². The number of ether oxygens (including phenoxy) is 5. The molecule has 8 N–H and O–H groups in total. The van der Waals surface area contributed by atoms with E-state index in [1.165, 1.54) is 0 Å². The first-order chi connectivity index (χ1) is 30.7. The van der Waals surface area contributed by atoms with Gasteiger partial charge in [-0.3, -0.25) is 9.59 Å². The Kier molecular flexibility index (Phi) is 12.0. The van der Waals surface area contributed by atoms with Crippen LogP contribution in [0.25, 0.3) is 11.8 Å². The summed E-state index contributed by atoms with van der Waals surface area (Å²) < 4.78 is 34.7. The summed E-state index contributed by atoms with van der Waals surface area (Å²) in [6.07, 6.45) is 3.26. The Morgan fingerprint density at radius 1 is 1.03 bits per heavy atom. The van der Waals surface area contributed by atoms with E-state index in [1.807, 2.05) is 66.7 Å². The van der Waals surface area contributed by atoms with Gasteiger partial charge in [-0.05, 0) is 93.2 Å². The Bertz CT molecular complexity index is 2400. The van der Waals surface area contributed by atoms with Crippen molar-refractivity contribution in [2.45, 2.75) is 141 Å². The number of aliphatic imine (C=N–C) groups is 1. The highest BCUT2D eigenvalue weighted by atomic mass is 16.7. The molecule has 16 nitrogen and oxygen atoms in total. The molecule has 12 atom stereocenters. The van der Waals surface area contributed by atoms with E-state index in [-0.39, 0.29) is 54.7 Å². The summed E-state index contributed by atoms with van der Waals surface area (Å²) in [7, 11) is 0. The van der Waals surface area contributed by atoms with Gasteiger partial charge in [0.25, 0.3) is 0 Å². The molecular weight excluding hydrogens is 837 g/mol. The van der Waals surface area contributed by atoms with Gasteiger partial charge in [0.15, 0.2) is 17.0 Å². The van der Waals surface area contributed by atoms with Crippen molar-refractivity contribution < 1.29 is 58.8 Å². The van der Waals surface area contributed by atoms with Crippen LogP contribution in [0, 0.1) is 35.0 Å². The van der Waals surface area contributed by atoms with Crippen LogP contribution in [0.3, 0.4) is 0 Å². The largest absolute Gasteiger partial charge is 0.482 e. The number of amidine groups is 1. The van der Waals surface area contributed by atoms with Crippen LogP contribution in [-0.2, 0) is 25.5 Å². The van der Waals surface area contributed by atoms with Crippen LogP contribution in [0.5, 0.6) is 17.2 Å². The maximum absolute atomic E-state index is 15.5. The molecule has 4 bridgehead atoms. The fourth-order valence-corrected chi connectivity index (χ4v) is 11.3. The number of nitrogens with two attached hydrogens (primary N) is 1. The number of aliphatic hydroxyl groups excluding tert-OH is 5. The number of allylic oxidation sites excluding steroid dienone is 4. The first-order valence-corrected chi connectivity index (χ1v) is 22.5. The number of benzene rings is 1. The average Bonchev–Trinajstić information content (AvgIpc) is 3.39. The van der Waals surface area contributed by atoms with Crippen molar-refractivity contribution in [1.82, 2.24) is 5.32 Å². The van der Waals surface area contributed by atoms with Crippen molar-refractivity contribution in [2.24, 2.45) is 34.4 Å². The number of Topliss-reactive ketones (excluding diaryl/α,β-unsaturated/α-hetero) is 1. The van der Waals surface area contributed by atoms with E-state index in [9.17, 15) is 35.6 Å². The zero-order chi connectivity index (χ0) is 47.1. The van der Waals surface area contributed by atoms with Gasteiger partial charge in [0.1, 0.15) is 59.0 Å². The van der Waals surface area contributed by atoms with Gasteiger partial charge in [0.2, 0.25) is 12.2 Å². The maximum Gasteiger partial charge on any atom is 0.246 e. The highest BCUT2D eigenvalue weighted by molar-refractivity contribution is 6.05. The third kappa shape index (κ3) is 7.17. The van der Waals surface area contributed by atoms with Crippen LogP contribution in [0.1, 0.15) is 97.8 Å². The number of aliphatic hydroxyl groups is 5. The van der Waals surface area contributed by atoms with Crippen molar-refractivity contribution in [3.63, 3.8) is 0 Å². The monoisotopic (exact) mass is 898 g/mol. The number of rotatable bonds is 13. The molecule has 3 saturated carbocycles. The molecule has 350 valence electrons. The second-order valence-corrected chi connectivity index (χ2v) is 19.8. The lowest BCUT2D eigenvalue weighted by atomic mass is 9.44. The van der Waals surface area contributed by atoms with E-state index in [0.717, 1.165) is 11.1 Å². The molecule has 65 heavy (non-hydrogen) atoms. The molecule has 2 saturated heterocycles. The number of amides is 1. The lowest BCUT2D eigenvalue weighted by Crippen LogP contribution is -2.75. The average molecular weight is 899 g/mol. The molecule has 1 aromatic rings. The SMILES string of the molecule is CC(C)=CCCC1(C)C=Cc2c(c(CC=C(C)C)c3c(c2O[C@@H]2O[C@H](CO)[C@@H](O)[C@H](O)[C@H]2O)C2=C4C(C(C#N)C(N)=N2)C2CC5C(C)(C)OC(CC=C(C)C(=O)NCCO)(C2=O)C45O3)O1. The van der Waals surface area contributed by atoms with Crippen LogP contribution in [0.4, 0.5) is 0 Å². The van der Waals surface area contributed by atoms with Gasteiger partial charge in [-0.25, -0.2) is 4.99 Å². The minimum atomic E-state index is -1.79. The summed E-state index contributed by atoms with van der Waals surface area (Å²) in [4.78, 5) is 33.8. The number of ketones is 1. The van der Waals surface area contributed by atoms with Crippen molar-refractivity contribution in [3.8, 4) is 23.3 Å². The van der Waals surface area contributed by atoms with E-state index in [2.05, 4.69) is 17.5 Å². The van der Waals surface area contributed by atoms with Crippen LogP contribution in [-0.4, -0.2) is 116 Å². The molecule has 1 spiro atoms. The Hall–Kier alpha value is -4.86. The number of nitrogens with one attached hydrogen (secondary N) is 1. The maximum atomic E-state index is 15.5. The van der Waals surface area contributed by atoms with Gasteiger partial charge < -0.3 is 60.3 Å². The van der Waals surface area contributed by atoms with Crippen molar-refractivity contribution >= 4 is 29.3 Å². The lowest BCUT2D eigenvalue weighted by Gasteiger charge is -2.62. The minimum absolute atomic E-state index is 0.0153. The molecule has 16 heteroatoms. The van der Waals surface area contributed by atoms with E-state index in [0.29, 0.717) is 53.0 Å². The fraction of sp³-hybridized carbons (Fsp3) is 0.592. The Balaban J connectivity index is 1.45. The number of carbonyl (C=O) groups is 2. The summed E-state index contributed by atoms with van der Waals surface area (Å²) in [5, 5.41) is 66.2. The van der Waals surface area contributed by atoms with E-state index in [1.54, 1.807) is 13.0 Å². The zero-order valence-corrected chi connectivity index (χ0v) is 38.3. The third-order valence-corrected chi connectivity index (χ3v) is 14.4. The van der Waals surface area contributed by atoms with Gasteiger partial charge >= 0.3 is 0 Å². The van der Waals surface area contributed by atoms with Gasteiger partial charge in [-0.15, -0.1) is 0 Å². The summed E-state index contributed by atoms with van der Waals surface area (Å²) in [6, 6.07) is 2.34. The highest BCUT2D eigenvalue weighted by Gasteiger charge is 2.84. The summed E-state index contributed by atoms with van der Waals surface area (Å²) in [5.74, 6) is -3.10. The van der Waals surface area contributed by atoms with Gasteiger partial charge in [-0.2, -0.15) is 5.26 Å². The number of nitriles is 1. The van der Waals surface area contributed by atoms with E-state index < -0.39 is 89.3 Å². The quantitative estimate of drug-likeness (QED) is 0.111. The summed E-state index contributed by atoms with van der Waals surface area (Å²) >= 11 is 0. The van der Waals surface area contributed by atoms with Crippen LogP contribution in [0.15, 0.2) is 51.6 Å². The molecule has 5 heterocycles. The first-order valence-electron chi connectivity index (χ1n) is 22.5. The number of hydrogen-bond donors (Lipinski definition) is 7. The Morgan fingerprint density at radius 3 is 2.42 bits per heavy atom. The van der Waals surface area contributed by atoms with Crippen molar-refractivity contribution in [2.75, 3.05) is 19.8 Å². The molecular formula is C49H62N4O12. The minimum Gasteiger partial charge on any atom is -0.482 e. The Morgan fingerprint density at radius 2 is 1.75 bits per heavy atom. The molecule has 5 fully saturated rings. The van der Waals surface area contributed by atoms with Gasteiger partial charge in [0.05, 0.1) is 41.7 Å². The molecule has 8 aliphatic rings. The molecule has 1 amide bonds. The molecule has 5 aliphatic heterocycles. The smallest absolute Gasteiger partial charge is 0.246 e. The standard InChI is InChI=1S/C49H62N4O12/c1-23(2)10-9-15-47(8)16-14-27-39(63-47)26(12-11-24(3)4)41-33(40(27)62-45-38(58)37(57)36(56)30(22-55)61-45)35-34-32(29(21-50)43(51)53-35)28-20-31-46(6,7)65-48(42(28)59,49(31,34)64-41)17-13-25(5)44(60)52-18-19-54/h10-11,13-14,16,28-32,36-38,45,54-58H,9,12,15,17-20,22H2,1-8H3,(H2,51,53)(H,52,60)/t28?,29?,30-,31?,32?,36-,37+,38-,45+,47?,48?,49?/m1/s1. The zero-order valence-electron chi connectivity index (χ0n) is 38.3. The van der Waals surface area contributed by atoms with E-state index in [4.69, 9.17) is 34.4 Å². The van der Waals surface area contributed by atoms with Crippen molar-refractivity contribution in [1.29, 1.82) is 5.26 Å². The second-order valence-electron chi connectivity index (χ2n) is 19.8. The molecule has 1 aromatic carbocycles. The molecule has 3 aliphatic carbocycles. The number of fused-ring (bicyclic) bond motifs is 3. The summed E-state index contributed by atoms with van der Waals surface area (Å²) in [5.41, 5.74) is 6.20. The molecule has 7 unspecified atom stereocenters. The van der Waals surface area contributed by atoms with Crippen LogP contribution < -0.4 is 25.3 Å². The fourth-order valence-electron chi connectivity index (χ4n) is 11.3. The summed E-state index contributed by atoms with van der Waals surface area (Å²) in [6.45, 7) is 14.5. The predicted octanol–water partition coefficient (Wildman–Crippen LogP) is 3.47. The normalized spacial score (nSPS) is 35.7. The second kappa shape index (κ2) is 16.8. The molecule has 0 aromatic heterocycles. The van der Waals surface area contributed by atoms with Gasteiger partial charge in [0, 0.05) is 47.4 Å². The van der Waals surface area contributed by atoms with Crippen molar-refractivity contribution in [3.05, 3.63) is 63.3 Å². The highest BCUT2D eigenvalue weighted by Crippen LogP contribution is 2.74. The van der Waals surface area contributed by atoms with Gasteiger partial charge in [-0.1, -0.05) is 29.4 Å². The van der Waals surface area contributed by atoms with Crippen LogP contribution in [0.2, 0.25) is 0 Å². The molecule has 9 rings (SSSR count). The lowest BCUT2D eigenvalue weighted by molar-refractivity contribution is -0.277. The number of nitrogens with zero attached hydrogens (tertiary/aromatic N) is 2. The topological polar surface area (TPSA) is 256 Å². The molecule has 0 radical (unpaired) electrons. The third-order valence-electron chi connectivity index (χ3n) is 14.4. The van der Waals surface area contributed by atoms with E-state index >= 15 is 4.79 Å². The van der Waals surface area contributed by atoms with Crippen LogP contribution >= 0.6 is 0 Å². The predicted molar refractivity (Wildman–Crippen MR) is 238 cm³/mol.